The number of nitrogens with zero attached hydrogens (tertiary/aromatic N) is 2. The maximum atomic E-state index is 11.8. The summed E-state index contributed by atoms with van der Waals surface area (Å²) in [6.07, 6.45) is 3.70. The number of rotatable bonds is 7. The summed E-state index contributed by atoms with van der Waals surface area (Å²) in [7, 11) is -2.08. The van der Waals surface area contributed by atoms with Crippen molar-refractivity contribution in [1.82, 2.24) is 14.5 Å². The van der Waals surface area contributed by atoms with Gasteiger partial charge in [0.05, 0.1) is 12.1 Å². The lowest BCUT2D eigenvalue weighted by Gasteiger charge is -2.11. The third-order valence-electron chi connectivity index (χ3n) is 2.50. The van der Waals surface area contributed by atoms with Crippen LogP contribution in [0, 0.1) is 5.92 Å². The molecule has 1 atom stereocenters. The summed E-state index contributed by atoms with van der Waals surface area (Å²) in [5.74, 6) is -1.70. The maximum Gasteiger partial charge on any atom is 0.307 e. The standard InChI is InChI=1S/C10H17N3O4S/c1-3-4-8(10(14)15)5-12-18(16,17)9-6-11-13(2)7-9/h6-8,12H,3-5H2,1-2H3,(H,14,15). The van der Waals surface area contributed by atoms with Crippen LogP contribution in [-0.2, 0) is 21.9 Å². The third-order valence-corrected chi connectivity index (χ3v) is 3.88. The van der Waals surface area contributed by atoms with E-state index < -0.39 is 21.9 Å². The van der Waals surface area contributed by atoms with Gasteiger partial charge in [0, 0.05) is 19.8 Å². The fourth-order valence-corrected chi connectivity index (χ4v) is 2.56. The number of hydrogen-bond donors (Lipinski definition) is 2. The van der Waals surface area contributed by atoms with E-state index in [1.54, 1.807) is 7.05 Å². The number of hydrogen-bond acceptors (Lipinski definition) is 4. The molecule has 0 saturated carbocycles. The second-order valence-electron chi connectivity index (χ2n) is 4.03. The smallest absolute Gasteiger partial charge is 0.307 e. The number of aromatic nitrogens is 2. The molecule has 0 aromatic carbocycles. The quantitative estimate of drug-likeness (QED) is 0.740. The van der Waals surface area contributed by atoms with Crippen molar-refractivity contribution < 1.29 is 18.3 Å². The van der Waals surface area contributed by atoms with E-state index in [0.29, 0.717) is 12.8 Å². The minimum Gasteiger partial charge on any atom is -0.481 e. The Hall–Kier alpha value is -1.41. The molecule has 2 N–H and O–H groups in total. The van der Waals surface area contributed by atoms with Crippen LogP contribution < -0.4 is 4.72 Å². The fraction of sp³-hybridized carbons (Fsp3) is 0.600. The Bertz CT molecular complexity index is 509. The van der Waals surface area contributed by atoms with Gasteiger partial charge in [-0.05, 0) is 6.42 Å². The van der Waals surface area contributed by atoms with Crippen molar-refractivity contribution in [2.75, 3.05) is 6.54 Å². The van der Waals surface area contributed by atoms with Gasteiger partial charge in [-0.2, -0.15) is 5.10 Å². The van der Waals surface area contributed by atoms with E-state index in [4.69, 9.17) is 5.11 Å². The molecule has 0 amide bonds. The van der Waals surface area contributed by atoms with Gasteiger partial charge in [-0.3, -0.25) is 9.48 Å². The average molecular weight is 275 g/mol. The first-order chi connectivity index (χ1) is 8.36. The Labute approximate surface area is 106 Å². The van der Waals surface area contributed by atoms with Crippen LogP contribution in [0.4, 0.5) is 0 Å². The Balaban J connectivity index is 2.69. The van der Waals surface area contributed by atoms with E-state index in [1.165, 1.54) is 17.1 Å². The molecule has 7 nitrogen and oxygen atoms in total. The highest BCUT2D eigenvalue weighted by Crippen LogP contribution is 2.09. The average Bonchev–Trinajstić information content (AvgIpc) is 2.71. The second-order valence-corrected chi connectivity index (χ2v) is 5.79. The lowest BCUT2D eigenvalue weighted by atomic mass is 10.1. The molecule has 0 spiro atoms. The van der Waals surface area contributed by atoms with Crippen molar-refractivity contribution in [2.45, 2.75) is 24.7 Å². The van der Waals surface area contributed by atoms with Gasteiger partial charge in [-0.1, -0.05) is 13.3 Å². The first kappa shape index (κ1) is 14.7. The van der Waals surface area contributed by atoms with Gasteiger partial charge in [-0.25, -0.2) is 13.1 Å². The zero-order valence-electron chi connectivity index (χ0n) is 10.3. The van der Waals surface area contributed by atoms with Gasteiger partial charge in [0.2, 0.25) is 10.0 Å². The summed E-state index contributed by atoms with van der Waals surface area (Å²) >= 11 is 0. The summed E-state index contributed by atoms with van der Waals surface area (Å²) in [5, 5.41) is 12.7. The number of aryl methyl sites for hydroxylation is 1. The predicted molar refractivity (Wildman–Crippen MR) is 64.4 cm³/mol. The summed E-state index contributed by atoms with van der Waals surface area (Å²) in [6, 6.07) is 0. The number of carboxylic acid groups (broad SMARTS) is 1. The van der Waals surface area contributed by atoms with Crippen LogP contribution in [0.2, 0.25) is 0 Å². The molecule has 1 aromatic heterocycles. The lowest BCUT2D eigenvalue weighted by Crippen LogP contribution is -2.32. The normalized spacial score (nSPS) is 13.4. The van der Waals surface area contributed by atoms with Crippen molar-refractivity contribution >= 4 is 16.0 Å². The number of nitrogens with one attached hydrogen (secondary N) is 1. The Morgan fingerprint density at radius 3 is 2.72 bits per heavy atom. The van der Waals surface area contributed by atoms with Crippen LogP contribution in [0.25, 0.3) is 0 Å². The van der Waals surface area contributed by atoms with Crippen molar-refractivity contribution in [2.24, 2.45) is 13.0 Å². The molecular formula is C10H17N3O4S. The molecule has 1 aromatic rings. The van der Waals surface area contributed by atoms with E-state index in [1.807, 2.05) is 6.92 Å². The Kier molecular flexibility index (Phi) is 4.85. The number of sulfonamides is 1. The highest BCUT2D eigenvalue weighted by Gasteiger charge is 2.21. The summed E-state index contributed by atoms with van der Waals surface area (Å²) in [6.45, 7) is 1.74. The van der Waals surface area contributed by atoms with Gasteiger partial charge in [0.1, 0.15) is 4.90 Å². The lowest BCUT2D eigenvalue weighted by molar-refractivity contribution is -0.141. The molecule has 1 unspecified atom stereocenters. The van der Waals surface area contributed by atoms with Gasteiger partial charge in [-0.15, -0.1) is 0 Å². The molecule has 0 fully saturated rings. The minimum atomic E-state index is -3.68. The number of aliphatic carboxylic acids is 1. The maximum absolute atomic E-state index is 11.8. The summed E-state index contributed by atoms with van der Waals surface area (Å²) < 4.78 is 27.3. The summed E-state index contributed by atoms with van der Waals surface area (Å²) in [4.78, 5) is 10.9. The molecule has 0 radical (unpaired) electrons. The van der Waals surface area contributed by atoms with Crippen molar-refractivity contribution in [1.29, 1.82) is 0 Å². The van der Waals surface area contributed by atoms with Crippen LogP contribution in [-0.4, -0.2) is 35.8 Å². The molecule has 0 saturated heterocycles. The molecule has 18 heavy (non-hydrogen) atoms. The van der Waals surface area contributed by atoms with Crippen LogP contribution in [0.5, 0.6) is 0 Å². The number of carboxylic acids is 1. The molecule has 102 valence electrons. The van der Waals surface area contributed by atoms with Crippen LogP contribution in [0.3, 0.4) is 0 Å². The highest BCUT2D eigenvalue weighted by atomic mass is 32.2. The molecule has 0 aliphatic heterocycles. The Morgan fingerprint density at radius 2 is 2.28 bits per heavy atom. The van der Waals surface area contributed by atoms with E-state index >= 15 is 0 Å². The third kappa shape index (κ3) is 3.81. The Morgan fingerprint density at radius 1 is 1.61 bits per heavy atom. The molecule has 1 rings (SSSR count). The van der Waals surface area contributed by atoms with Crippen molar-refractivity contribution in [3.8, 4) is 0 Å². The predicted octanol–water partition coefficient (Wildman–Crippen LogP) is 0.199. The zero-order valence-corrected chi connectivity index (χ0v) is 11.1. The molecule has 8 heteroatoms. The highest BCUT2D eigenvalue weighted by molar-refractivity contribution is 7.89. The molecule has 0 aliphatic carbocycles. The van der Waals surface area contributed by atoms with E-state index in [9.17, 15) is 13.2 Å². The first-order valence-electron chi connectivity index (χ1n) is 5.58. The second kappa shape index (κ2) is 5.96. The van der Waals surface area contributed by atoms with Gasteiger partial charge in [0.25, 0.3) is 0 Å². The van der Waals surface area contributed by atoms with Gasteiger partial charge in [0.15, 0.2) is 0 Å². The molecular weight excluding hydrogens is 258 g/mol. The van der Waals surface area contributed by atoms with Gasteiger partial charge >= 0.3 is 5.97 Å². The number of carbonyl (C=O) groups is 1. The SMILES string of the molecule is CCCC(CNS(=O)(=O)c1cnn(C)c1)C(=O)O. The fourth-order valence-electron chi connectivity index (χ4n) is 1.49. The van der Waals surface area contributed by atoms with Crippen molar-refractivity contribution in [3.05, 3.63) is 12.4 Å². The minimum absolute atomic E-state index is 0.0330. The van der Waals surface area contributed by atoms with Crippen LogP contribution in [0.15, 0.2) is 17.3 Å². The monoisotopic (exact) mass is 275 g/mol. The topological polar surface area (TPSA) is 101 Å². The summed E-state index contributed by atoms with van der Waals surface area (Å²) in [5.41, 5.74) is 0. The molecule has 0 bridgehead atoms. The van der Waals surface area contributed by atoms with Gasteiger partial charge < -0.3 is 5.11 Å². The first-order valence-corrected chi connectivity index (χ1v) is 7.06. The van der Waals surface area contributed by atoms with Crippen LogP contribution in [0.1, 0.15) is 19.8 Å². The van der Waals surface area contributed by atoms with Crippen LogP contribution >= 0.6 is 0 Å². The zero-order chi connectivity index (χ0) is 13.8. The molecule has 0 aliphatic rings. The largest absolute Gasteiger partial charge is 0.481 e. The van der Waals surface area contributed by atoms with Crippen molar-refractivity contribution in [3.63, 3.8) is 0 Å². The van der Waals surface area contributed by atoms with E-state index in [-0.39, 0.29) is 11.4 Å². The van der Waals surface area contributed by atoms with E-state index in [2.05, 4.69) is 9.82 Å². The van der Waals surface area contributed by atoms with E-state index in [0.717, 1.165) is 0 Å². The molecule has 1 heterocycles.